The van der Waals surface area contributed by atoms with E-state index in [0.29, 0.717) is 17.2 Å². The summed E-state index contributed by atoms with van der Waals surface area (Å²) in [6.45, 7) is 4.39. The van der Waals surface area contributed by atoms with E-state index in [9.17, 15) is 26.4 Å². The second-order valence-electron chi connectivity index (χ2n) is 5.82. The van der Waals surface area contributed by atoms with Crippen molar-refractivity contribution in [3.05, 3.63) is 58.4 Å². The van der Waals surface area contributed by atoms with Crippen LogP contribution in [0.2, 0.25) is 0 Å². The van der Waals surface area contributed by atoms with Gasteiger partial charge in [0.15, 0.2) is 17.5 Å². The molecule has 0 fully saturated rings. The van der Waals surface area contributed by atoms with Gasteiger partial charge >= 0.3 is 0 Å². The van der Waals surface area contributed by atoms with E-state index in [0.717, 1.165) is 11.6 Å². The first kappa shape index (κ1) is 19.9. The molecule has 0 aliphatic carbocycles. The number of carbonyl (C=O) groups is 1. The first-order valence-corrected chi connectivity index (χ1v) is 9.02. The third-order valence-corrected chi connectivity index (χ3v) is 5.31. The summed E-state index contributed by atoms with van der Waals surface area (Å²) in [5.74, 6) is -5.62. The molecule has 0 unspecified atom stereocenters. The molecule has 140 valence electrons. The van der Waals surface area contributed by atoms with Crippen LogP contribution in [-0.4, -0.2) is 20.9 Å². The maximum absolute atomic E-state index is 13.5. The van der Waals surface area contributed by atoms with Crippen LogP contribution in [-0.2, 0) is 14.8 Å². The van der Waals surface area contributed by atoms with Crippen molar-refractivity contribution in [3.8, 4) is 0 Å². The van der Waals surface area contributed by atoms with Gasteiger partial charge in [0.1, 0.15) is 0 Å². The van der Waals surface area contributed by atoms with Gasteiger partial charge in [-0.15, -0.1) is 0 Å². The smallest absolute Gasteiger partial charge is 0.241 e. The zero-order valence-electron chi connectivity index (χ0n) is 14.3. The van der Waals surface area contributed by atoms with Gasteiger partial charge < -0.3 is 5.32 Å². The third kappa shape index (κ3) is 4.23. The molecule has 0 atom stereocenters. The van der Waals surface area contributed by atoms with Crippen LogP contribution in [0, 0.1) is 38.2 Å². The van der Waals surface area contributed by atoms with Crippen molar-refractivity contribution in [2.75, 3.05) is 11.9 Å². The number of hydrogen-bond donors (Lipinski definition) is 2. The van der Waals surface area contributed by atoms with E-state index in [2.05, 4.69) is 4.72 Å². The first-order chi connectivity index (χ1) is 12.0. The van der Waals surface area contributed by atoms with Crippen molar-refractivity contribution in [1.82, 2.24) is 4.72 Å². The van der Waals surface area contributed by atoms with Crippen molar-refractivity contribution in [1.29, 1.82) is 0 Å². The number of benzene rings is 2. The quantitative estimate of drug-likeness (QED) is 0.776. The van der Waals surface area contributed by atoms with Crippen LogP contribution in [0.1, 0.15) is 16.7 Å². The van der Waals surface area contributed by atoms with Gasteiger partial charge in [0.05, 0.1) is 17.1 Å². The summed E-state index contributed by atoms with van der Waals surface area (Å²) in [6, 6.07) is 4.88. The van der Waals surface area contributed by atoms with Crippen LogP contribution >= 0.6 is 0 Å². The van der Waals surface area contributed by atoms with Crippen LogP contribution in [0.3, 0.4) is 0 Å². The lowest BCUT2D eigenvalue weighted by Gasteiger charge is -2.13. The number of nitrogens with one attached hydrogen (secondary N) is 2. The molecular formula is C17H17F3N2O3S. The highest BCUT2D eigenvalue weighted by Crippen LogP contribution is 2.22. The predicted octanol–water partition coefficient (Wildman–Crippen LogP) is 2.95. The highest BCUT2D eigenvalue weighted by molar-refractivity contribution is 7.89. The Morgan fingerprint density at radius 2 is 1.58 bits per heavy atom. The van der Waals surface area contributed by atoms with E-state index in [1.807, 2.05) is 12.2 Å². The summed E-state index contributed by atoms with van der Waals surface area (Å²) < 4.78 is 66.5. The van der Waals surface area contributed by atoms with E-state index in [1.165, 1.54) is 0 Å². The molecule has 0 saturated carbocycles. The normalized spacial score (nSPS) is 11.5. The van der Waals surface area contributed by atoms with E-state index in [4.69, 9.17) is 0 Å². The van der Waals surface area contributed by atoms with E-state index >= 15 is 0 Å². The highest BCUT2D eigenvalue weighted by atomic mass is 32.2. The largest absolute Gasteiger partial charge is 0.322 e. The van der Waals surface area contributed by atoms with Gasteiger partial charge in [0.25, 0.3) is 0 Å². The Morgan fingerprint density at radius 1 is 1.00 bits per heavy atom. The fourth-order valence-corrected chi connectivity index (χ4v) is 4.07. The van der Waals surface area contributed by atoms with Crippen LogP contribution in [0.15, 0.2) is 29.2 Å². The molecule has 2 rings (SSSR count). The molecule has 0 bridgehead atoms. The molecular weight excluding hydrogens is 369 g/mol. The van der Waals surface area contributed by atoms with Gasteiger partial charge in [-0.25, -0.2) is 26.3 Å². The summed E-state index contributed by atoms with van der Waals surface area (Å²) in [4.78, 5) is 11.9. The van der Waals surface area contributed by atoms with Gasteiger partial charge in [-0.05, 0) is 44.0 Å². The molecule has 0 aliphatic heterocycles. The van der Waals surface area contributed by atoms with Crippen molar-refractivity contribution < 1.29 is 26.4 Å². The molecule has 0 aromatic heterocycles. The lowest BCUT2D eigenvalue weighted by Crippen LogP contribution is -2.33. The lowest BCUT2D eigenvalue weighted by atomic mass is 10.1. The van der Waals surface area contributed by atoms with Crippen molar-refractivity contribution >= 4 is 21.6 Å². The Labute approximate surface area is 149 Å². The van der Waals surface area contributed by atoms with Crippen LogP contribution < -0.4 is 10.0 Å². The number of carbonyl (C=O) groups excluding carboxylic acids is 1. The van der Waals surface area contributed by atoms with Gasteiger partial charge in [-0.1, -0.05) is 17.7 Å². The standard InChI is InChI=1S/C17H17F3N2O3S/c1-9-6-10(2)17(11(3)7-9)26(24,25)21-8-14(23)22-13-5-4-12(18)15(19)16(13)20/h4-7,21H,8H2,1-3H3,(H,22,23). The topological polar surface area (TPSA) is 75.3 Å². The summed E-state index contributed by atoms with van der Waals surface area (Å²) >= 11 is 0. The number of rotatable bonds is 5. The SMILES string of the molecule is Cc1cc(C)c(S(=O)(=O)NCC(=O)Nc2ccc(F)c(F)c2F)c(C)c1. The van der Waals surface area contributed by atoms with Crippen molar-refractivity contribution in [2.24, 2.45) is 0 Å². The van der Waals surface area contributed by atoms with Crippen LogP contribution in [0.25, 0.3) is 0 Å². The van der Waals surface area contributed by atoms with Gasteiger partial charge in [-0.2, -0.15) is 0 Å². The third-order valence-electron chi connectivity index (χ3n) is 3.61. The molecule has 0 saturated heterocycles. The fourth-order valence-electron chi connectivity index (χ4n) is 2.64. The van der Waals surface area contributed by atoms with Crippen molar-refractivity contribution in [2.45, 2.75) is 25.7 Å². The number of aryl methyl sites for hydroxylation is 3. The fraction of sp³-hybridized carbons (Fsp3) is 0.235. The Kier molecular flexibility index (Phi) is 5.72. The van der Waals surface area contributed by atoms with Gasteiger partial charge in [0.2, 0.25) is 15.9 Å². The monoisotopic (exact) mass is 386 g/mol. The predicted molar refractivity (Wildman–Crippen MR) is 90.8 cm³/mol. The maximum atomic E-state index is 13.5. The van der Waals surface area contributed by atoms with Crippen LogP contribution in [0.4, 0.5) is 18.9 Å². The molecule has 9 heteroatoms. The number of hydrogen-bond acceptors (Lipinski definition) is 3. The zero-order valence-corrected chi connectivity index (χ0v) is 15.1. The summed E-state index contributed by atoms with van der Waals surface area (Å²) in [5, 5.41) is 1.99. The minimum atomic E-state index is -3.99. The molecule has 26 heavy (non-hydrogen) atoms. The summed E-state index contributed by atoms with van der Waals surface area (Å²) in [7, 11) is -3.99. The number of anilines is 1. The molecule has 1 amide bonds. The molecule has 0 spiro atoms. The molecule has 5 nitrogen and oxygen atoms in total. The first-order valence-electron chi connectivity index (χ1n) is 7.54. The molecule has 2 aromatic carbocycles. The number of sulfonamides is 1. The molecule has 0 radical (unpaired) electrons. The van der Waals surface area contributed by atoms with E-state index in [1.54, 1.807) is 26.0 Å². The number of amides is 1. The van der Waals surface area contributed by atoms with Crippen LogP contribution in [0.5, 0.6) is 0 Å². The average Bonchev–Trinajstić information content (AvgIpc) is 2.52. The molecule has 0 aliphatic rings. The minimum Gasteiger partial charge on any atom is -0.322 e. The Morgan fingerprint density at radius 3 is 2.15 bits per heavy atom. The lowest BCUT2D eigenvalue weighted by molar-refractivity contribution is -0.115. The van der Waals surface area contributed by atoms with Crippen molar-refractivity contribution in [3.63, 3.8) is 0 Å². The van der Waals surface area contributed by atoms with Gasteiger partial charge in [0, 0.05) is 0 Å². The van der Waals surface area contributed by atoms with E-state index < -0.39 is 45.6 Å². The number of halogens is 3. The minimum absolute atomic E-state index is 0.0508. The second-order valence-corrected chi connectivity index (χ2v) is 7.53. The molecule has 2 aromatic rings. The Hall–Kier alpha value is -2.39. The Balaban J connectivity index is 2.13. The van der Waals surface area contributed by atoms with Gasteiger partial charge in [-0.3, -0.25) is 4.79 Å². The summed E-state index contributed by atoms with van der Waals surface area (Å²) in [6.07, 6.45) is 0. The second kappa shape index (κ2) is 7.46. The zero-order chi connectivity index (χ0) is 19.6. The summed E-state index contributed by atoms with van der Waals surface area (Å²) in [5.41, 5.74) is 1.34. The molecule has 2 N–H and O–H groups in total. The maximum Gasteiger partial charge on any atom is 0.241 e. The Bertz CT molecular complexity index is 952. The highest BCUT2D eigenvalue weighted by Gasteiger charge is 2.21. The van der Waals surface area contributed by atoms with E-state index in [-0.39, 0.29) is 4.90 Å². The molecule has 0 heterocycles. The average molecular weight is 386 g/mol.